The summed E-state index contributed by atoms with van der Waals surface area (Å²) in [6, 6.07) is 21.2. The van der Waals surface area contributed by atoms with Gasteiger partial charge in [-0.2, -0.15) is 4.57 Å². The van der Waals surface area contributed by atoms with Crippen molar-refractivity contribution in [2.24, 2.45) is 0 Å². The van der Waals surface area contributed by atoms with Crippen molar-refractivity contribution in [2.75, 3.05) is 37.3 Å². The zero-order valence-corrected chi connectivity index (χ0v) is 21.2. The molecule has 0 amide bonds. The molecule has 0 spiro atoms. The highest BCUT2D eigenvalue weighted by Gasteiger charge is 2.24. The highest BCUT2D eigenvalue weighted by atomic mass is 32.2. The van der Waals surface area contributed by atoms with Crippen molar-refractivity contribution < 1.29 is 9.56 Å². The molecule has 8 heteroatoms. The average molecular weight is 491 g/mol. The van der Waals surface area contributed by atoms with E-state index in [0.717, 1.165) is 54.3 Å². The normalized spacial score (nSPS) is 15.9. The van der Waals surface area contributed by atoms with Crippen LogP contribution >= 0.6 is 23.5 Å². The van der Waals surface area contributed by atoms with Gasteiger partial charge >= 0.3 is 11.1 Å². The third-order valence-corrected chi connectivity index (χ3v) is 7.96. The van der Waals surface area contributed by atoms with Crippen LogP contribution in [0.25, 0.3) is 11.8 Å². The lowest BCUT2D eigenvalue weighted by Crippen LogP contribution is -2.73. The molecule has 0 saturated heterocycles. The maximum atomic E-state index is 5.10. The van der Waals surface area contributed by atoms with Gasteiger partial charge in [0.25, 0.3) is 0 Å². The first-order valence-electron chi connectivity index (χ1n) is 11.6. The lowest BCUT2D eigenvalue weighted by atomic mass is 10.2. The molecule has 0 radical (unpaired) electrons. The first-order chi connectivity index (χ1) is 16.7. The molecule has 1 aromatic heterocycles. The maximum Gasteiger partial charge on any atom is 0.365 e. The number of guanidine groups is 1. The standard InChI is InChI=1S/C26H29N6S2/c1-19-17-20(18-24-31(2)22-11-6-7-12-23(22)34-24)30-26(32(19)21-9-4-3-5-10-21)33-16-8-13-27-25-28-14-15-29-25/h3-7,9-12,17-18H,8,13-16H2,1-2H3,(H2,27,28,29)/q+1/p+1. The van der Waals surface area contributed by atoms with Crippen LogP contribution in [0.5, 0.6) is 0 Å². The molecule has 2 aliphatic heterocycles. The Labute approximate surface area is 209 Å². The van der Waals surface area contributed by atoms with E-state index in [1.165, 1.54) is 21.3 Å². The van der Waals surface area contributed by atoms with E-state index in [0.29, 0.717) is 0 Å². The predicted octanol–water partition coefficient (Wildman–Crippen LogP) is 2.32. The molecule has 0 saturated carbocycles. The second kappa shape index (κ2) is 10.5. The highest BCUT2D eigenvalue weighted by Crippen LogP contribution is 2.45. The number of fused-ring (bicyclic) bond motifs is 1. The van der Waals surface area contributed by atoms with Gasteiger partial charge in [-0.05, 0) is 54.4 Å². The first-order valence-corrected chi connectivity index (χ1v) is 13.4. The van der Waals surface area contributed by atoms with Crippen molar-refractivity contribution in [2.45, 2.75) is 23.4 Å². The van der Waals surface area contributed by atoms with Crippen molar-refractivity contribution in [1.82, 2.24) is 15.6 Å². The van der Waals surface area contributed by atoms with Crippen LogP contribution in [0.3, 0.4) is 0 Å². The Bertz CT molecular complexity index is 1230. The molecule has 0 fully saturated rings. The molecule has 3 N–H and O–H groups in total. The van der Waals surface area contributed by atoms with Crippen LogP contribution in [0, 0.1) is 6.92 Å². The Morgan fingerprint density at radius 3 is 2.82 bits per heavy atom. The SMILES string of the molecule is Cc1cc(C=C2Sc3ccccc3N2C)nc(SCCCNC2=[NH+]CCN2)[n+]1-c1ccccc1. The predicted molar refractivity (Wildman–Crippen MR) is 141 cm³/mol. The molecule has 0 bridgehead atoms. The molecular formula is C26H30N6S2+2. The lowest BCUT2D eigenvalue weighted by molar-refractivity contribution is -0.647. The van der Waals surface area contributed by atoms with Crippen LogP contribution in [0.4, 0.5) is 5.69 Å². The largest absolute Gasteiger partial charge is 0.365 e. The quantitative estimate of drug-likeness (QED) is 0.205. The van der Waals surface area contributed by atoms with Gasteiger partial charge in [0.2, 0.25) is 0 Å². The van der Waals surface area contributed by atoms with E-state index < -0.39 is 0 Å². The summed E-state index contributed by atoms with van der Waals surface area (Å²) < 4.78 is 2.26. The Kier molecular flexibility index (Phi) is 7.06. The summed E-state index contributed by atoms with van der Waals surface area (Å²) in [6.07, 6.45) is 3.25. The molecule has 174 valence electrons. The molecule has 0 unspecified atom stereocenters. The number of rotatable bonds is 7. The van der Waals surface area contributed by atoms with Crippen molar-refractivity contribution in [3.05, 3.63) is 77.1 Å². The van der Waals surface area contributed by atoms with Gasteiger partial charge in [-0.25, -0.2) is 0 Å². The van der Waals surface area contributed by atoms with E-state index in [1.54, 1.807) is 11.8 Å². The molecule has 3 aromatic rings. The van der Waals surface area contributed by atoms with Crippen LogP contribution in [0.2, 0.25) is 0 Å². The van der Waals surface area contributed by atoms with E-state index in [9.17, 15) is 0 Å². The van der Waals surface area contributed by atoms with Gasteiger partial charge in [0.05, 0.1) is 30.4 Å². The molecule has 6 nitrogen and oxygen atoms in total. The first kappa shape index (κ1) is 22.8. The molecule has 0 aliphatic carbocycles. The fourth-order valence-electron chi connectivity index (χ4n) is 4.07. The van der Waals surface area contributed by atoms with Gasteiger partial charge < -0.3 is 4.90 Å². The molecule has 2 aliphatic rings. The van der Waals surface area contributed by atoms with Gasteiger partial charge in [-0.15, -0.1) is 0 Å². The summed E-state index contributed by atoms with van der Waals surface area (Å²) in [4.78, 5) is 12.0. The minimum absolute atomic E-state index is 0.927. The number of hydrogen-bond donors (Lipinski definition) is 3. The summed E-state index contributed by atoms with van der Waals surface area (Å²) in [5.41, 5.74) is 4.55. The van der Waals surface area contributed by atoms with Gasteiger partial charge in [-0.1, -0.05) is 42.1 Å². The third kappa shape index (κ3) is 5.08. The number of aryl methyl sites for hydroxylation is 1. The molecule has 34 heavy (non-hydrogen) atoms. The Balaban J connectivity index is 1.37. The van der Waals surface area contributed by atoms with Gasteiger partial charge in [0, 0.05) is 29.8 Å². The fraction of sp³-hybridized carbons (Fsp3) is 0.269. The molecule has 0 atom stereocenters. The van der Waals surface area contributed by atoms with Gasteiger partial charge in [0.1, 0.15) is 11.4 Å². The summed E-state index contributed by atoms with van der Waals surface area (Å²) in [5, 5.41) is 8.96. The number of nitrogens with one attached hydrogen (secondary N) is 3. The summed E-state index contributed by atoms with van der Waals surface area (Å²) in [5.74, 6) is 2.03. The smallest absolute Gasteiger partial charge is 0.338 e. The number of thioether (sulfide) groups is 2. The zero-order chi connectivity index (χ0) is 23.3. The second-order valence-electron chi connectivity index (χ2n) is 8.24. The summed E-state index contributed by atoms with van der Waals surface area (Å²) in [6.45, 7) is 5.06. The van der Waals surface area contributed by atoms with Crippen LogP contribution in [0.1, 0.15) is 17.8 Å². The van der Waals surface area contributed by atoms with Gasteiger partial charge in [-0.3, -0.25) is 15.6 Å². The van der Waals surface area contributed by atoms with E-state index in [2.05, 4.69) is 106 Å². The van der Waals surface area contributed by atoms with Crippen LogP contribution in [0.15, 0.2) is 75.7 Å². The average Bonchev–Trinajstić information content (AvgIpc) is 3.48. The van der Waals surface area contributed by atoms with E-state index in [1.807, 2.05) is 11.8 Å². The summed E-state index contributed by atoms with van der Waals surface area (Å²) in [7, 11) is 2.12. The van der Waals surface area contributed by atoms with E-state index in [-0.39, 0.29) is 0 Å². The molecule has 3 heterocycles. The molecule has 5 rings (SSSR count). The Morgan fingerprint density at radius 1 is 1.21 bits per heavy atom. The van der Waals surface area contributed by atoms with Crippen molar-refractivity contribution in [1.29, 1.82) is 0 Å². The third-order valence-electron chi connectivity index (χ3n) is 5.77. The highest BCUT2D eigenvalue weighted by molar-refractivity contribution is 8.03. The number of hydrogen-bond acceptors (Lipinski definition) is 6. The second-order valence-corrected chi connectivity index (χ2v) is 10.4. The molecular weight excluding hydrogens is 460 g/mol. The van der Waals surface area contributed by atoms with Crippen molar-refractivity contribution >= 4 is 41.2 Å². The van der Waals surface area contributed by atoms with Crippen LogP contribution in [-0.2, 0) is 0 Å². The number of benzene rings is 2. The minimum atomic E-state index is 0.927. The van der Waals surface area contributed by atoms with Crippen LogP contribution < -0.4 is 25.1 Å². The number of nitrogens with zero attached hydrogens (tertiary/aromatic N) is 3. The number of aromatic nitrogens is 2. The van der Waals surface area contributed by atoms with Crippen molar-refractivity contribution in [3.8, 4) is 5.69 Å². The van der Waals surface area contributed by atoms with Crippen molar-refractivity contribution in [3.63, 3.8) is 0 Å². The van der Waals surface area contributed by atoms with E-state index in [4.69, 9.17) is 4.98 Å². The maximum absolute atomic E-state index is 5.10. The summed E-state index contributed by atoms with van der Waals surface area (Å²) >= 11 is 3.61. The monoisotopic (exact) mass is 490 g/mol. The topological polar surface area (TPSA) is 58.0 Å². The number of para-hydroxylation sites is 2. The number of anilines is 1. The zero-order valence-electron chi connectivity index (χ0n) is 19.5. The fourth-order valence-corrected chi connectivity index (χ4v) is 6.18. The lowest BCUT2D eigenvalue weighted by Gasteiger charge is -2.13. The van der Waals surface area contributed by atoms with Crippen LogP contribution in [-0.4, -0.2) is 43.4 Å². The minimum Gasteiger partial charge on any atom is -0.338 e. The van der Waals surface area contributed by atoms with Gasteiger partial charge in [0.15, 0.2) is 5.69 Å². The Hall–Kier alpha value is -2.97. The van der Waals surface area contributed by atoms with E-state index >= 15 is 0 Å². The Morgan fingerprint density at radius 2 is 2.03 bits per heavy atom. The molecule has 2 aromatic carbocycles.